The number of Topliss-reactive ketones (excluding diaryl/α,β-unsaturated/α-hetero) is 2. The normalized spacial score (nSPS) is 15.8. The Bertz CT molecular complexity index is 1530. The first-order chi connectivity index (χ1) is 15.5. The van der Waals surface area contributed by atoms with E-state index in [1.165, 1.54) is 24.3 Å². The second-order valence-corrected chi connectivity index (χ2v) is 10.7. The third-order valence-corrected chi connectivity index (χ3v) is 7.61. The van der Waals surface area contributed by atoms with E-state index in [0.29, 0.717) is 12.8 Å². The molecule has 2 aromatic rings. The van der Waals surface area contributed by atoms with Gasteiger partial charge in [-0.3, -0.25) is 14.1 Å². The van der Waals surface area contributed by atoms with Crippen molar-refractivity contribution >= 4 is 48.6 Å². The van der Waals surface area contributed by atoms with Crippen LogP contribution >= 0.6 is 0 Å². The Kier molecular flexibility index (Phi) is 5.35. The zero-order chi connectivity index (χ0) is 24.1. The number of fused-ring (bicyclic) bond motifs is 2. The molecule has 170 valence electrons. The first-order valence-corrected chi connectivity index (χ1v) is 12.6. The van der Waals surface area contributed by atoms with Gasteiger partial charge in [0.2, 0.25) is 0 Å². The SMILES string of the molecule is C=CS(=O)(=O)c1cccc(Nc2cc(S(=O)(=O)O)c(N)c3c2C(=O)C2=CCCC=C2C3=O)c1. The molecule has 0 aliphatic heterocycles. The monoisotopic (exact) mass is 486 g/mol. The van der Waals surface area contributed by atoms with Crippen LogP contribution in [0.25, 0.3) is 0 Å². The fourth-order valence-electron chi connectivity index (χ4n) is 3.83. The minimum atomic E-state index is -4.86. The summed E-state index contributed by atoms with van der Waals surface area (Å²) >= 11 is 0. The zero-order valence-corrected chi connectivity index (χ0v) is 18.7. The van der Waals surface area contributed by atoms with Crippen molar-refractivity contribution in [3.63, 3.8) is 0 Å². The van der Waals surface area contributed by atoms with Gasteiger partial charge in [-0.15, -0.1) is 0 Å². The number of allylic oxidation sites excluding steroid dienone is 4. The molecule has 0 aromatic heterocycles. The number of nitrogens with two attached hydrogens (primary N) is 1. The van der Waals surface area contributed by atoms with Crippen molar-refractivity contribution in [1.29, 1.82) is 0 Å². The van der Waals surface area contributed by atoms with Crippen molar-refractivity contribution in [1.82, 2.24) is 0 Å². The third kappa shape index (κ3) is 3.80. The van der Waals surface area contributed by atoms with Gasteiger partial charge in [-0.25, -0.2) is 8.42 Å². The van der Waals surface area contributed by atoms with Gasteiger partial charge in [-0.2, -0.15) is 8.42 Å². The highest BCUT2D eigenvalue weighted by Crippen LogP contribution is 2.42. The van der Waals surface area contributed by atoms with Crippen LogP contribution in [-0.4, -0.2) is 33.0 Å². The number of carbonyl (C=O) groups is 2. The highest BCUT2D eigenvalue weighted by molar-refractivity contribution is 7.94. The first-order valence-electron chi connectivity index (χ1n) is 9.64. The molecule has 0 radical (unpaired) electrons. The molecule has 4 N–H and O–H groups in total. The molecule has 0 saturated carbocycles. The van der Waals surface area contributed by atoms with E-state index in [1.54, 1.807) is 12.2 Å². The van der Waals surface area contributed by atoms with Crippen molar-refractivity contribution in [2.45, 2.75) is 22.6 Å². The number of benzene rings is 2. The second kappa shape index (κ2) is 7.80. The van der Waals surface area contributed by atoms with Crippen molar-refractivity contribution in [3.05, 3.63) is 76.7 Å². The van der Waals surface area contributed by atoms with Crippen LogP contribution in [-0.2, 0) is 20.0 Å². The van der Waals surface area contributed by atoms with Gasteiger partial charge in [-0.1, -0.05) is 24.8 Å². The molecule has 0 bridgehead atoms. The number of nitrogens with one attached hydrogen (secondary N) is 1. The van der Waals surface area contributed by atoms with Crippen LogP contribution in [0.1, 0.15) is 33.6 Å². The van der Waals surface area contributed by atoms with E-state index in [9.17, 15) is 31.0 Å². The Labute approximate surface area is 190 Å². The molecule has 0 amide bonds. The maximum absolute atomic E-state index is 13.3. The number of hydrogen-bond acceptors (Lipinski definition) is 8. The third-order valence-electron chi connectivity index (χ3n) is 5.37. The van der Waals surface area contributed by atoms with Gasteiger partial charge in [-0.05, 0) is 37.1 Å². The predicted octanol–water partition coefficient (Wildman–Crippen LogP) is 3.20. The molecule has 0 fully saturated rings. The minimum absolute atomic E-state index is 0.0931. The predicted molar refractivity (Wildman–Crippen MR) is 122 cm³/mol. The molecule has 33 heavy (non-hydrogen) atoms. The van der Waals surface area contributed by atoms with E-state index in [-0.39, 0.29) is 38.5 Å². The number of carbonyl (C=O) groups excluding carboxylic acids is 2. The summed E-state index contributed by atoms with van der Waals surface area (Å²) in [4.78, 5) is 25.7. The van der Waals surface area contributed by atoms with Gasteiger partial charge >= 0.3 is 0 Å². The van der Waals surface area contributed by atoms with Crippen LogP contribution < -0.4 is 11.1 Å². The summed E-state index contributed by atoms with van der Waals surface area (Å²) in [6, 6.07) is 6.46. The lowest BCUT2D eigenvalue weighted by Gasteiger charge is -2.26. The first kappa shape index (κ1) is 22.6. The van der Waals surface area contributed by atoms with Crippen molar-refractivity contribution in [3.8, 4) is 0 Å². The van der Waals surface area contributed by atoms with Crippen LogP contribution in [0.4, 0.5) is 17.1 Å². The molecule has 4 rings (SSSR count). The van der Waals surface area contributed by atoms with E-state index in [4.69, 9.17) is 5.73 Å². The van der Waals surface area contributed by atoms with Crippen LogP contribution in [0.2, 0.25) is 0 Å². The summed E-state index contributed by atoms with van der Waals surface area (Å²) in [7, 11) is -8.63. The summed E-state index contributed by atoms with van der Waals surface area (Å²) in [6.45, 7) is 3.27. The number of ketones is 2. The summed E-state index contributed by atoms with van der Waals surface area (Å²) in [6.07, 6.45) is 4.30. The van der Waals surface area contributed by atoms with Gasteiger partial charge in [0.1, 0.15) is 4.90 Å². The Balaban J connectivity index is 1.98. The van der Waals surface area contributed by atoms with Gasteiger partial charge in [0.15, 0.2) is 21.4 Å². The van der Waals surface area contributed by atoms with E-state index in [2.05, 4.69) is 11.9 Å². The lowest BCUT2D eigenvalue weighted by molar-refractivity contribution is 0.0972. The molecule has 2 aliphatic carbocycles. The minimum Gasteiger partial charge on any atom is -0.397 e. The molecule has 0 spiro atoms. The molecule has 0 saturated heterocycles. The van der Waals surface area contributed by atoms with E-state index in [0.717, 1.165) is 11.5 Å². The smallest absolute Gasteiger partial charge is 0.296 e. The Morgan fingerprint density at radius 2 is 1.58 bits per heavy atom. The lowest BCUT2D eigenvalue weighted by Crippen LogP contribution is -2.27. The summed E-state index contributed by atoms with van der Waals surface area (Å²) < 4.78 is 57.9. The maximum Gasteiger partial charge on any atom is 0.296 e. The quantitative estimate of drug-likeness (QED) is 0.426. The standard InChI is InChI=1S/C22H18N2O7S2/c1-2-32(27,28)13-7-5-6-12(10-13)24-16-11-17(33(29,30)31)20(23)19-18(16)21(25)14-8-3-4-9-15(14)22(19)26/h2,5-11,24H,1,3-4,23H2,(H,29,30,31). The van der Waals surface area contributed by atoms with Crippen molar-refractivity contribution < 1.29 is 31.0 Å². The van der Waals surface area contributed by atoms with E-state index >= 15 is 0 Å². The second-order valence-electron chi connectivity index (χ2n) is 7.40. The molecule has 0 atom stereocenters. The Morgan fingerprint density at radius 3 is 2.15 bits per heavy atom. The molecule has 0 heterocycles. The van der Waals surface area contributed by atoms with E-state index < -0.39 is 42.1 Å². The maximum atomic E-state index is 13.3. The number of rotatable bonds is 5. The lowest BCUT2D eigenvalue weighted by atomic mass is 9.78. The number of hydrogen-bond donors (Lipinski definition) is 3. The highest BCUT2D eigenvalue weighted by Gasteiger charge is 2.39. The van der Waals surface area contributed by atoms with Crippen LogP contribution in [0.5, 0.6) is 0 Å². The average molecular weight is 487 g/mol. The molecular weight excluding hydrogens is 468 g/mol. The van der Waals surface area contributed by atoms with Crippen LogP contribution in [0.15, 0.2) is 75.4 Å². The Hall–Kier alpha value is -3.54. The fraction of sp³-hybridized carbons (Fsp3) is 0.0909. The average Bonchev–Trinajstić information content (AvgIpc) is 2.77. The molecule has 9 nitrogen and oxygen atoms in total. The molecule has 2 aliphatic rings. The topological polar surface area (TPSA) is 161 Å². The van der Waals surface area contributed by atoms with Gasteiger partial charge in [0, 0.05) is 22.2 Å². The fourth-order valence-corrected chi connectivity index (χ4v) is 5.23. The highest BCUT2D eigenvalue weighted by atomic mass is 32.2. The van der Waals surface area contributed by atoms with Crippen molar-refractivity contribution in [2.24, 2.45) is 0 Å². The van der Waals surface area contributed by atoms with Gasteiger partial charge in [0.05, 0.1) is 27.4 Å². The van der Waals surface area contributed by atoms with Gasteiger partial charge < -0.3 is 11.1 Å². The Morgan fingerprint density at radius 1 is 0.970 bits per heavy atom. The van der Waals surface area contributed by atoms with Crippen molar-refractivity contribution in [2.75, 3.05) is 11.1 Å². The van der Waals surface area contributed by atoms with Crippen LogP contribution in [0, 0.1) is 0 Å². The molecular formula is C22H18N2O7S2. The van der Waals surface area contributed by atoms with Gasteiger partial charge in [0.25, 0.3) is 10.1 Å². The number of sulfone groups is 1. The van der Waals surface area contributed by atoms with Crippen LogP contribution in [0.3, 0.4) is 0 Å². The summed E-state index contributed by atoms with van der Waals surface area (Å²) in [5, 5.41) is 3.58. The molecule has 0 unspecified atom stereocenters. The number of anilines is 3. The summed E-state index contributed by atoms with van der Waals surface area (Å²) in [5.41, 5.74) is 5.29. The molecule has 2 aromatic carbocycles. The number of nitrogen functional groups attached to an aromatic ring is 1. The zero-order valence-electron chi connectivity index (χ0n) is 17.0. The molecule has 11 heteroatoms. The largest absolute Gasteiger partial charge is 0.397 e. The van der Waals surface area contributed by atoms with E-state index in [1.807, 2.05) is 0 Å². The summed E-state index contributed by atoms with van der Waals surface area (Å²) in [5.74, 6) is -1.17.